The molecule has 0 radical (unpaired) electrons. The number of hydrogen-bond acceptors (Lipinski definition) is 2. The van der Waals surface area contributed by atoms with Crippen LogP contribution in [0.25, 0.3) is 0 Å². The van der Waals surface area contributed by atoms with E-state index in [4.69, 9.17) is 0 Å². The molecular formula is C21H20O2S. The molecule has 3 aromatic carbocycles. The Morgan fingerprint density at radius 1 is 0.708 bits per heavy atom. The molecule has 0 aliphatic heterocycles. The zero-order valence-electron chi connectivity index (χ0n) is 13.3. The van der Waals surface area contributed by atoms with Crippen LogP contribution in [0, 0.1) is 0 Å². The van der Waals surface area contributed by atoms with Crippen LogP contribution < -0.4 is 0 Å². The summed E-state index contributed by atoms with van der Waals surface area (Å²) in [6.07, 6.45) is -0.237. The Labute approximate surface area is 145 Å². The van der Waals surface area contributed by atoms with Crippen LogP contribution in [0.3, 0.4) is 0 Å². The Balaban J connectivity index is 1.90. The van der Waals surface area contributed by atoms with E-state index in [-0.39, 0.29) is 5.25 Å². The van der Waals surface area contributed by atoms with Crippen molar-refractivity contribution in [2.75, 3.05) is 0 Å². The minimum Gasteiger partial charge on any atom is -0.388 e. The highest BCUT2D eigenvalue weighted by Crippen LogP contribution is 2.33. The van der Waals surface area contributed by atoms with Crippen LogP contribution in [0.4, 0.5) is 0 Å². The lowest BCUT2D eigenvalue weighted by atomic mass is 10.0. The molecule has 3 heteroatoms. The quantitative estimate of drug-likeness (QED) is 0.711. The topological polar surface area (TPSA) is 37.3 Å². The first-order valence-corrected chi connectivity index (χ1v) is 9.20. The smallest absolute Gasteiger partial charge is 0.0804 e. The van der Waals surface area contributed by atoms with E-state index in [1.54, 1.807) is 0 Å². The minimum absolute atomic E-state index is 0.260. The van der Waals surface area contributed by atoms with E-state index < -0.39 is 16.9 Å². The van der Waals surface area contributed by atoms with Gasteiger partial charge >= 0.3 is 0 Å². The van der Waals surface area contributed by atoms with Crippen LogP contribution in [-0.2, 0) is 10.8 Å². The van der Waals surface area contributed by atoms with Gasteiger partial charge in [-0.2, -0.15) is 0 Å². The average molecular weight is 336 g/mol. The molecule has 0 amide bonds. The maximum atomic E-state index is 13.1. The van der Waals surface area contributed by atoms with Gasteiger partial charge in [-0.15, -0.1) is 0 Å². The second-order valence-electron chi connectivity index (χ2n) is 5.67. The van der Waals surface area contributed by atoms with Crippen molar-refractivity contribution in [3.63, 3.8) is 0 Å². The number of aliphatic hydroxyl groups is 1. The maximum absolute atomic E-state index is 13.1. The third-order valence-electron chi connectivity index (χ3n) is 4.03. The Kier molecular flexibility index (Phi) is 5.57. The number of rotatable bonds is 6. The molecule has 3 aromatic rings. The highest BCUT2D eigenvalue weighted by molar-refractivity contribution is 7.85. The molecule has 3 rings (SSSR count). The molecular weight excluding hydrogens is 316 g/mol. The molecule has 0 fully saturated rings. The first kappa shape index (κ1) is 16.6. The molecule has 0 saturated heterocycles. The van der Waals surface area contributed by atoms with Gasteiger partial charge in [0.05, 0.1) is 22.2 Å². The van der Waals surface area contributed by atoms with Crippen molar-refractivity contribution >= 4 is 10.8 Å². The predicted molar refractivity (Wildman–Crippen MR) is 98.1 cm³/mol. The summed E-state index contributed by atoms with van der Waals surface area (Å²) in [7, 11) is -1.23. The van der Waals surface area contributed by atoms with Gasteiger partial charge in [0.25, 0.3) is 0 Å². The van der Waals surface area contributed by atoms with E-state index in [1.165, 1.54) is 0 Å². The van der Waals surface area contributed by atoms with Crippen LogP contribution >= 0.6 is 0 Å². The lowest BCUT2D eigenvalue weighted by Crippen LogP contribution is -2.12. The van der Waals surface area contributed by atoms with Crippen molar-refractivity contribution in [1.82, 2.24) is 0 Å². The minimum atomic E-state index is -1.23. The largest absolute Gasteiger partial charge is 0.388 e. The van der Waals surface area contributed by atoms with Crippen LogP contribution in [0.2, 0.25) is 0 Å². The van der Waals surface area contributed by atoms with Gasteiger partial charge in [0.2, 0.25) is 0 Å². The van der Waals surface area contributed by atoms with Crippen molar-refractivity contribution in [2.24, 2.45) is 0 Å². The van der Waals surface area contributed by atoms with Gasteiger partial charge in [-0.1, -0.05) is 78.9 Å². The van der Waals surface area contributed by atoms with Crippen molar-refractivity contribution in [3.8, 4) is 0 Å². The summed E-state index contributed by atoms with van der Waals surface area (Å²) in [5.74, 6) is 0. The lowest BCUT2D eigenvalue weighted by molar-refractivity contribution is 0.166. The molecule has 3 atom stereocenters. The fourth-order valence-electron chi connectivity index (χ4n) is 2.75. The lowest BCUT2D eigenvalue weighted by Gasteiger charge is -2.21. The molecule has 0 spiro atoms. The van der Waals surface area contributed by atoms with Crippen LogP contribution in [0.5, 0.6) is 0 Å². The molecule has 0 bridgehead atoms. The highest BCUT2D eigenvalue weighted by Gasteiger charge is 2.24. The summed E-state index contributed by atoms with van der Waals surface area (Å²) in [6, 6.07) is 28.8. The zero-order valence-corrected chi connectivity index (χ0v) is 14.1. The van der Waals surface area contributed by atoms with Gasteiger partial charge < -0.3 is 5.11 Å². The van der Waals surface area contributed by atoms with Crippen LogP contribution in [0.15, 0.2) is 95.9 Å². The Morgan fingerprint density at radius 3 is 1.71 bits per heavy atom. The summed E-state index contributed by atoms with van der Waals surface area (Å²) in [5, 5.41) is 10.4. The van der Waals surface area contributed by atoms with Crippen molar-refractivity contribution < 1.29 is 9.32 Å². The summed E-state index contributed by atoms with van der Waals surface area (Å²) in [5.41, 5.74) is 1.83. The van der Waals surface area contributed by atoms with Gasteiger partial charge in [-0.05, 0) is 29.7 Å². The molecule has 0 heterocycles. The van der Waals surface area contributed by atoms with Gasteiger partial charge in [0.15, 0.2) is 0 Å². The normalized spacial score (nSPS) is 14.7. The number of hydrogen-bond donors (Lipinski definition) is 1. The first-order chi connectivity index (χ1) is 11.8. The van der Waals surface area contributed by atoms with E-state index in [1.807, 2.05) is 91.0 Å². The second kappa shape index (κ2) is 8.04. The second-order valence-corrected chi connectivity index (χ2v) is 7.31. The fourth-order valence-corrected chi connectivity index (χ4v) is 4.26. The summed E-state index contributed by atoms with van der Waals surface area (Å²) >= 11 is 0. The van der Waals surface area contributed by atoms with E-state index in [0.29, 0.717) is 6.42 Å². The van der Waals surface area contributed by atoms with E-state index in [0.717, 1.165) is 16.0 Å². The van der Waals surface area contributed by atoms with Crippen LogP contribution in [-0.4, -0.2) is 9.32 Å². The molecule has 1 N–H and O–H groups in total. The summed E-state index contributed by atoms with van der Waals surface area (Å²) in [6.45, 7) is 0. The van der Waals surface area contributed by atoms with Gasteiger partial charge in [-0.25, -0.2) is 0 Å². The Hall–Kier alpha value is -2.23. The SMILES string of the molecule is O=S(c1ccccc1)[C@H](C[C@H](O)c1ccccc1)c1ccccc1. The average Bonchev–Trinajstić information content (AvgIpc) is 2.67. The standard InChI is InChI=1S/C21H20O2S/c22-20(17-10-4-1-5-11-17)16-21(18-12-6-2-7-13-18)24(23)19-14-8-3-9-15-19/h1-15,20-22H,16H2/t20-,21+,24?/m0/s1. The Bertz CT molecular complexity index is 773. The van der Waals surface area contributed by atoms with E-state index in [9.17, 15) is 9.32 Å². The van der Waals surface area contributed by atoms with E-state index >= 15 is 0 Å². The molecule has 0 aliphatic rings. The maximum Gasteiger partial charge on any atom is 0.0804 e. The number of aliphatic hydroxyl groups excluding tert-OH is 1. The van der Waals surface area contributed by atoms with Crippen LogP contribution in [0.1, 0.15) is 28.9 Å². The molecule has 0 saturated carbocycles. The fraction of sp³-hybridized carbons (Fsp3) is 0.143. The zero-order chi connectivity index (χ0) is 16.8. The monoisotopic (exact) mass is 336 g/mol. The van der Waals surface area contributed by atoms with Gasteiger partial charge in [0.1, 0.15) is 0 Å². The van der Waals surface area contributed by atoms with Gasteiger partial charge in [-0.3, -0.25) is 4.21 Å². The van der Waals surface area contributed by atoms with E-state index in [2.05, 4.69) is 0 Å². The third kappa shape index (κ3) is 3.99. The molecule has 24 heavy (non-hydrogen) atoms. The third-order valence-corrected chi connectivity index (χ3v) is 5.75. The summed E-state index contributed by atoms with van der Waals surface area (Å²) in [4.78, 5) is 0.784. The first-order valence-electron chi connectivity index (χ1n) is 7.99. The van der Waals surface area contributed by atoms with Crippen molar-refractivity contribution in [1.29, 1.82) is 0 Å². The van der Waals surface area contributed by atoms with Gasteiger partial charge in [0, 0.05) is 4.90 Å². The summed E-state index contributed by atoms with van der Waals surface area (Å²) < 4.78 is 13.1. The van der Waals surface area contributed by atoms with Crippen molar-refractivity contribution in [2.45, 2.75) is 22.7 Å². The highest BCUT2D eigenvalue weighted by atomic mass is 32.2. The molecule has 1 unspecified atom stereocenters. The Morgan fingerprint density at radius 2 is 1.17 bits per heavy atom. The molecule has 0 aromatic heterocycles. The molecule has 2 nitrogen and oxygen atoms in total. The number of benzene rings is 3. The molecule has 122 valence electrons. The molecule has 0 aliphatic carbocycles. The predicted octanol–water partition coefficient (Wildman–Crippen LogP) is 4.66. The van der Waals surface area contributed by atoms with Crippen molar-refractivity contribution in [3.05, 3.63) is 102 Å².